The molecule has 0 atom stereocenters. The summed E-state index contributed by atoms with van der Waals surface area (Å²) >= 11 is 1.76. The van der Waals surface area contributed by atoms with E-state index in [1.165, 1.54) is 15.6 Å². The van der Waals surface area contributed by atoms with E-state index in [-0.39, 0.29) is 5.63 Å². The zero-order chi connectivity index (χ0) is 20.5. The lowest BCUT2D eigenvalue weighted by Gasteiger charge is -2.37. The number of hydrogen-bond acceptors (Lipinski definition) is 6. The third-order valence-corrected chi connectivity index (χ3v) is 6.80. The van der Waals surface area contributed by atoms with Gasteiger partial charge in [-0.15, -0.1) is 11.3 Å². The van der Waals surface area contributed by atoms with Crippen molar-refractivity contribution in [2.75, 3.05) is 25.1 Å². The lowest BCUT2D eigenvalue weighted by atomic mass is 10.0. The molecule has 0 radical (unpaired) electrons. The largest absolute Gasteiger partial charge is 0.497 e. The van der Waals surface area contributed by atoms with E-state index in [0.29, 0.717) is 11.6 Å². The minimum atomic E-state index is -0.324. The zero-order valence-corrected chi connectivity index (χ0v) is 17.7. The summed E-state index contributed by atoms with van der Waals surface area (Å²) in [5, 5.41) is 7.78. The van der Waals surface area contributed by atoms with Crippen LogP contribution in [0, 0.1) is 0 Å². The molecule has 1 saturated heterocycles. The van der Waals surface area contributed by atoms with Crippen molar-refractivity contribution in [3.8, 4) is 5.75 Å². The highest BCUT2D eigenvalue weighted by molar-refractivity contribution is 7.17. The maximum atomic E-state index is 12.4. The molecule has 0 spiro atoms. The van der Waals surface area contributed by atoms with Crippen LogP contribution in [0.3, 0.4) is 0 Å². The highest BCUT2D eigenvalue weighted by Gasteiger charge is 2.25. The molecular formula is C24H24N2O3S. The third kappa shape index (κ3) is 3.57. The predicted molar refractivity (Wildman–Crippen MR) is 123 cm³/mol. The first kappa shape index (κ1) is 19.2. The second-order valence-corrected chi connectivity index (χ2v) is 8.62. The molecule has 1 N–H and O–H groups in total. The first-order valence-electron chi connectivity index (χ1n) is 10.3. The monoisotopic (exact) mass is 420 g/mol. The van der Waals surface area contributed by atoms with Gasteiger partial charge in [0.2, 0.25) is 0 Å². The van der Waals surface area contributed by atoms with Crippen LogP contribution in [0.15, 0.2) is 63.1 Å². The maximum absolute atomic E-state index is 12.4. The summed E-state index contributed by atoms with van der Waals surface area (Å²) in [5.41, 5.74) is 2.46. The molecule has 5 rings (SSSR count). The van der Waals surface area contributed by atoms with Crippen LogP contribution in [-0.2, 0) is 6.54 Å². The van der Waals surface area contributed by atoms with Gasteiger partial charge in [-0.1, -0.05) is 12.1 Å². The van der Waals surface area contributed by atoms with Gasteiger partial charge in [-0.2, -0.15) is 0 Å². The van der Waals surface area contributed by atoms with Gasteiger partial charge in [0.05, 0.1) is 12.8 Å². The number of hydrogen-bond donors (Lipinski definition) is 1. The zero-order valence-electron chi connectivity index (χ0n) is 16.9. The quantitative estimate of drug-likeness (QED) is 0.471. The SMILES string of the molecule is COc1ccc2oc(=O)cc(N(Cc3cccc4sccc34)C3CCNCC3)c2c1. The van der Waals surface area contributed by atoms with Crippen LogP contribution in [0.25, 0.3) is 21.1 Å². The van der Waals surface area contributed by atoms with Crippen LogP contribution >= 0.6 is 11.3 Å². The highest BCUT2D eigenvalue weighted by atomic mass is 32.1. The van der Waals surface area contributed by atoms with Crippen molar-refractivity contribution in [2.24, 2.45) is 0 Å². The lowest BCUT2D eigenvalue weighted by Crippen LogP contribution is -2.43. The van der Waals surface area contributed by atoms with E-state index in [2.05, 4.69) is 39.9 Å². The summed E-state index contributed by atoms with van der Waals surface area (Å²) in [5.74, 6) is 0.753. The van der Waals surface area contributed by atoms with Gasteiger partial charge < -0.3 is 19.4 Å². The summed E-state index contributed by atoms with van der Waals surface area (Å²) in [4.78, 5) is 14.8. The summed E-state index contributed by atoms with van der Waals surface area (Å²) in [7, 11) is 1.65. The van der Waals surface area contributed by atoms with E-state index in [1.54, 1.807) is 24.5 Å². The Morgan fingerprint density at radius 3 is 2.83 bits per heavy atom. The van der Waals surface area contributed by atoms with Gasteiger partial charge in [0.25, 0.3) is 0 Å². The fourth-order valence-corrected chi connectivity index (χ4v) is 5.23. The lowest BCUT2D eigenvalue weighted by molar-refractivity contribution is 0.414. The second kappa shape index (κ2) is 8.13. The van der Waals surface area contributed by atoms with Gasteiger partial charge in [0, 0.05) is 28.7 Å². The molecule has 2 aromatic heterocycles. The molecule has 0 bridgehead atoms. The van der Waals surface area contributed by atoms with Crippen molar-refractivity contribution in [3.63, 3.8) is 0 Å². The minimum absolute atomic E-state index is 0.324. The van der Waals surface area contributed by atoms with Crippen LogP contribution in [0.2, 0.25) is 0 Å². The van der Waals surface area contributed by atoms with Gasteiger partial charge in [-0.25, -0.2) is 4.79 Å². The number of ether oxygens (including phenoxy) is 1. The number of benzene rings is 2. The molecule has 0 amide bonds. The van der Waals surface area contributed by atoms with E-state index < -0.39 is 0 Å². The molecule has 30 heavy (non-hydrogen) atoms. The number of rotatable bonds is 5. The van der Waals surface area contributed by atoms with E-state index >= 15 is 0 Å². The maximum Gasteiger partial charge on any atom is 0.338 e. The fraction of sp³-hybridized carbons (Fsp3) is 0.292. The van der Waals surface area contributed by atoms with Crippen molar-refractivity contribution >= 4 is 38.1 Å². The number of methoxy groups -OCH3 is 1. The van der Waals surface area contributed by atoms with Crippen molar-refractivity contribution in [2.45, 2.75) is 25.4 Å². The van der Waals surface area contributed by atoms with E-state index in [1.807, 2.05) is 18.2 Å². The molecule has 0 aliphatic carbocycles. The number of nitrogens with one attached hydrogen (secondary N) is 1. The summed E-state index contributed by atoms with van der Waals surface area (Å²) in [6.07, 6.45) is 2.07. The van der Waals surface area contributed by atoms with Gasteiger partial charge in [-0.3, -0.25) is 0 Å². The first-order valence-corrected chi connectivity index (χ1v) is 11.2. The van der Waals surface area contributed by atoms with Gasteiger partial charge >= 0.3 is 5.63 Å². The molecule has 154 valence electrons. The van der Waals surface area contributed by atoms with E-state index in [9.17, 15) is 4.79 Å². The molecule has 1 fully saturated rings. The van der Waals surface area contributed by atoms with E-state index in [4.69, 9.17) is 9.15 Å². The molecule has 0 saturated carbocycles. The Labute approximate surface area is 178 Å². The van der Waals surface area contributed by atoms with Crippen LogP contribution in [0.4, 0.5) is 5.69 Å². The molecule has 3 heterocycles. The molecule has 2 aromatic carbocycles. The summed E-state index contributed by atoms with van der Waals surface area (Å²) in [6, 6.07) is 16.3. The summed E-state index contributed by atoms with van der Waals surface area (Å²) < 4.78 is 12.2. The van der Waals surface area contributed by atoms with Crippen molar-refractivity contribution in [1.82, 2.24) is 5.32 Å². The number of thiophene rings is 1. The Morgan fingerprint density at radius 1 is 1.13 bits per heavy atom. The predicted octanol–water partition coefficient (Wildman–Crippen LogP) is 4.77. The Balaban J connectivity index is 1.67. The molecule has 1 aliphatic heterocycles. The van der Waals surface area contributed by atoms with Crippen LogP contribution in [-0.4, -0.2) is 26.2 Å². The van der Waals surface area contributed by atoms with Crippen molar-refractivity contribution in [3.05, 3.63) is 69.9 Å². The Bertz CT molecular complexity index is 1240. The Hall–Kier alpha value is -2.83. The Kier molecular flexibility index (Phi) is 5.19. The average Bonchev–Trinajstić information content (AvgIpc) is 3.27. The van der Waals surface area contributed by atoms with Gasteiger partial charge in [-0.05, 0) is 72.6 Å². The number of nitrogens with zero attached hydrogens (tertiary/aromatic N) is 1. The molecule has 5 nitrogen and oxygen atoms in total. The molecular weight excluding hydrogens is 396 g/mol. The van der Waals surface area contributed by atoms with Crippen molar-refractivity contribution < 1.29 is 9.15 Å². The standard InChI is InChI=1S/C24H24N2O3S/c1-28-18-5-6-22-20(13-18)21(14-24(27)29-22)26(17-7-10-25-11-8-17)15-16-3-2-4-23-19(16)9-12-30-23/h2-6,9,12-14,17,25H,7-8,10-11,15H2,1H3. The molecule has 0 unspecified atom stereocenters. The number of fused-ring (bicyclic) bond motifs is 2. The van der Waals surface area contributed by atoms with Crippen LogP contribution in [0.1, 0.15) is 18.4 Å². The third-order valence-electron chi connectivity index (χ3n) is 5.91. The fourth-order valence-electron chi connectivity index (χ4n) is 4.40. The first-order chi connectivity index (χ1) is 14.7. The second-order valence-electron chi connectivity index (χ2n) is 7.67. The average molecular weight is 421 g/mol. The number of piperidine rings is 1. The van der Waals surface area contributed by atoms with Crippen LogP contribution in [0.5, 0.6) is 5.75 Å². The highest BCUT2D eigenvalue weighted by Crippen LogP contribution is 2.34. The molecule has 4 aromatic rings. The molecule has 1 aliphatic rings. The van der Waals surface area contributed by atoms with Crippen molar-refractivity contribution in [1.29, 1.82) is 0 Å². The topological polar surface area (TPSA) is 54.7 Å². The van der Waals surface area contributed by atoms with Crippen LogP contribution < -0.4 is 20.6 Å². The van der Waals surface area contributed by atoms with Gasteiger partial charge in [0.15, 0.2) is 0 Å². The Morgan fingerprint density at radius 2 is 2.00 bits per heavy atom. The van der Waals surface area contributed by atoms with E-state index in [0.717, 1.165) is 49.3 Å². The number of anilines is 1. The van der Waals surface area contributed by atoms with Gasteiger partial charge in [0.1, 0.15) is 11.3 Å². The smallest absolute Gasteiger partial charge is 0.338 e. The summed E-state index contributed by atoms with van der Waals surface area (Å²) in [6.45, 7) is 2.70. The normalized spacial score (nSPS) is 15.0. The molecule has 6 heteroatoms. The minimum Gasteiger partial charge on any atom is -0.497 e.